The highest BCUT2D eigenvalue weighted by Crippen LogP contribution is 2.38. The minimum absolute atomic E-state index is 0.000375. The molecule has 4 heteroatoms. The molecule has 1 aliphatic heterocycles. The molecule has 1 fully saturated rings. The Morgan fingerprint density at radius 3 is 2.65 bits per heavy atom. The summed E-state index contributed by atoms with van der Waals surface area (Å²) in [4.78, 5) is 14.5. The molecule has 1 N–H and O–H groups in total. The molecule has 1 unspecified atom stereocenters. The number of benzene rings is 2. The zero-order valence-electron chi connectivity index (χ0n) is 15.7. The molecule has 2 aromatic rings. The second kappa shape index (κ2) is 7.32. The Balaban J connectivity index is 2.17. The van der Waals surface area contributed by atoms with Crippen LogP contribution in [0.1, 0.15) is 39.2 Å². The number of hydrogen-bond donors (Lipinski definition) is 1. The molecule has 3 nitrogen and oxygen atoms in total. The van der Waals surface area contributed by atoms with Crippen molar-refractivity contribution in [3.05, 3.63) is 60.0 Å². The summed E-state index contributed by atoms with van der Waals surface area (Å²) in [6, 6.07) is 14.3. The lowest BCUT2D eigenvalue weighted by Crippen LogP contribution is -2.34. The smallest absolute Gasteiger partial charge is 0.322 e. The predicted octanol–water partition coefficient (Wildman–Crippen LogP) is 5.82. The molecule has 3 rings (SSSR count). The molecule has 26 heavy (non-hydrogen) atoms. The van der Waals surface area contributed by atoms with Crippen LogP contribution in [0.4, 0.5) is 10.5 Å². The molecule has 2 amide bonds. The van der Waals surface area contributed by atoms with Crippen LogP contribution in [-0.4, -0.2) is 18.6 Å². The van der Waals surface area contributed by atoms with Crippen molar-refractivity contribution in [2.24, 2.45) is 0 Å². The average molecular weight is 370 g/mol. The van der Waals surface area contributed by atoms with Crippen LogP contribution in [0.15, 0.2) is 42.5 Å². The molecule has 0 spiro atoms. The molecule has 0 aromatic heterocycles. The summed E-state index contributed by atoms with van der Waals surface area (Å²) in [5, 5.41) is 3.67. The molecule has 137 valence electrons. The molecule has 1 atom stereocenters. The minimum Gasteiger partial charge on any atom is -0.336 e. The van der Waals surface area contributed by atoms with E-state index in [-0.39, 0.29) is 17.5 Å². The molecule has 1 saturated heterocycles. The Bertz CT molecular complexity index is 810. The Morgan fingerprint density at radius 2 is 2.00 bits per heavy atom. The van der Waals surface area contributed by atoms with Gasteiger partial charge in [-0.3, -0.25) is 4.90 Å². The first-order valence-corrected chi connectivity index (χ1v) is 9.46. The summed E-state index contributed by atoms with van der Waals surface area (Å²) in [5.74, 6) is 0. The van der Waals surface area contributed by atoms with Crippen LogP contribution < -0.4 is 10.2 Å². The Kier molecular flexibility index (Phi) is 5.29. The summed E-state index contributed by atoms with van der Waals surface area (Å²) < 4.78 is 0. The lowest BCUT2D eigenvalue weighted by atomic mass is 9.85. The van der Waals surface area contributed by atoms with Gasteiger partial charge in [0.15, 0.2) is 0 Å². The third kappa shape index (κ3) is 3.73. The number of rotatable bonds is 4. The average Bonchev–Trinajstić information content (AvgIpc) is 2.94. The van der Waals surface area contributed by atoms with Crippen molar-refractivity contribution in [2.45, 2.75) is 45.1 Å². The number of nitrogens with one attached hydrogen (secondary N) is 1. The van der Waals surface area contributed by atoms with E-state index in [2.05, 4.69) is 51.2 Å². The number of carbonyl (C=O) groups excluding carboxylic acids is 1. The number of hydrogen-bond acceptors (Lipinski definition) is 1. The van der Waals surface area contributed by atoms with Crippen molar-refractivity contribution in [3.8, 4) is 11.1 Å². The summed E-state index contributed by atoms with van der Waals surface area (Å²) in [6.07, 6.45) is 1.66. The van der Waals surface area contributed by atoms with Gasteiger partial charge < -0.3 is 5.32 Å². The number of carbonyl (C=O) groups is 1. The fourth-order valence-electron chi connectivity index (χ4n) is 3.42. The number of urea groups is 1. The van der Waals surface area contributed by atoms with Gasteiger partial charge in [-0.05, 0) is 41.2 Å². The first-order chi connectivity index (χ1) is 12.3. The molecular formula is C22H26ClN2O. The first kappa shape index (κ1) is 18.8. The Hall–Kier alpha value is -2.00. The van der Waals surface area contributed by atoms with Crippen molar-refractivity contribution in [3.63, 3.8) is 0 Å². The minimum atomic E-state index is -0.0437. The van der Waals surface area contributed by atoms with Crippen molar-refractivity contribution in [1.29, 1.82) is 0 Å². The fraction of sp³-hybridized carbons (Fsp3) is 0.364. The summed E-state index contributed by atoms with van der Waals surface area (Å²) in [5.41, 5.74) is 4.17. The maximum Gasteiger partial charge on any atom is 0.322 e. The second-order valence-electron chi connectivity index (χ2n) is 7.84. The van der Waals surface area contributed by atoms with Crippen LogP contribution in [0.3, 0.4) is 0 Å². The summed E-state index contributed by atoms with van der Waals surface area (Å²) in [7, 11) is 0. The molecule has 1 aliphatic rings. The zero-order valence-corrected chi connectivity index (χ0v) is 16.4. The van der Waals surface area contributed by atoms with Crippen LogP contribution in [0, 0.1) is 6.92 Å². The predicted molar refractivity (Wildman–Crippen MR) is 110 cm³/mol. The topological polar surface area (TPSA) is 32.3 Å². The number of amides is 2. The Morgan fingerprint density at radius 1 is 1.23 bits per heavy atom. The molecular weight excluding hydrogens is 344 g/mol. The molecule has 2 aromatic carbocycles. The number of anilines is 1. The molecule has 0 bridgehead atoms. The quantitative estimate of drug-likeness (QED) is 0.723. The number of halogens is 1. The van der Waals surface area contributed by atoms with Gasteiger partial charge in [-0.25, -0.2) is 4.79 Å². The lowest BCUT2D eigenvalue weighted by Gasteiger charge is -2.28. The summed E-state index contributed by atoms with van der Waals surface area (Å²) >= 11 is 6.22. The van der Waals surface area contributed by atoms with E-state index in [0.29, 0.717) is 11.6 Å². The molecule has 0 saturated carbocycles. The van der Waals surface area contributed by atoms with Gasteiger partial charge in [0.25, 0.3) is 0 Å². The van der Waals surface area contributed by atoms with E-state index in [1.54, 1.807) is 0 Å². The van der Waals surface area contributed by atoms with Gasteiger partial charge in [-0.2, -0.15) is 0 Å². The van der Waals surface area contributed by atoms with Crippen molar-refractivity contribution in [2.75, 3.05) is 11.4 Å². The lowest BCUT2D eigenvalue weighted by molar-refractivity contribution is 0.251. The third-order valence-corrected chi connectivity index (χ3v) is 5.10. The third-order valence-electron chi connectivity index (χ3n) is 4.87. The monoisotopic (exact) mass is 369 g/mol. The largest absolute Gasteiger partial charge is 0.336 e. The fourth-order valence-corrected chi connectivity index (χ4v) is 3.61. The van der Waals surface area contributed by atoms with Gasteiger partial charge in [0.2, 0.25) is 0 Å². The molecule has 1 heterocycles. The van der Waals surface area contributed by atoms with Crippen molar-refractivity contribution < 1.29 is 4.79 Å². The second-order valence-corrected chi connectivity index (χ2v) is 8.28. The van der Waals surface area contributed by atoms with Gasteiger partial charge in [-0.15, -0.1) is 0 Å². The maximum absolute atomic E-state index is 12.6. The van der Waals surface area contributed by atoms with Crippen molar-refractivity contribution >= 4 is 23.3 Å². The van der Waals surface area contributed by atoms with Crippen LogP contribution in [0.25, 0.3) is 11.1 Å². The van der Waals surface area contributed by atoms with Crippen molar-refractivity contribution in [1.82, 2.24) is 5.32 Å². The van der Waals surface area contributed by atoms with E-state index in [1.165, 1.54) is 5.56 Å². The van der Waals surface area contributed by atoms with Crippen LogP contribution in [0.5, 0.6) is 0 Å². The molecule has 1 radical (unpaired) electrons. The van der Waals surface area contributed by atoms with Gasteiger partial charge in [0, 0.05) is 17.1 Å². The highest BCUT2D eigenvalue weighted by molar-refractivity contribution is 6.30. The van der Waals surface area contributed by atoms with E-state index in [9.17, 15) is 4.79 Å². The van der Waals surface area contributed by atoms with Gasteiger partial charge in [0.05, 0.1) is 11.7 Å². The van der Waals surface area contributed by atoms with Crippen LogP contribution in [-0.2, 0) is 5.41 Å². The van der Waals surface area contributed by atoms with E-state index < -0.39 is 0 Å². The number of nitrogens with zero attached hydrogens (tertiary/aromatic N) is 1. The van der Waals surface area contributed by atoms with Crippen LogP contribution in [0.2, 0.25) is 5.02 Å². The maximum atomic E-state index is 12.6. The Labute approximate surface area is 161 Å². The highest BCUT2D eigenvalue weighted by atomic mass is 35.5. The van der Waals surface area contributed by atoms with E-state index in [4.69, 9.17) is 11.6 Å². The SMILES string of the molecule is [CH2]CCC1CNC(=O)N1c1cc(C(C)(C)C)ccc1-c1cccc(Cl)c1. The van der Waals surface area contributed by atoms with Gasteiger partial charge in [-0.1, -0.05) is 70.0 Å². The van der Waals surface area contributed by atoms with E-state index >= 15 is 0 Å². The normalized spacial score (nSPS) is 17.5. The first-order valence-electron chi connectivity index (χ1n) is 9.08. The molecule has 0 aliphatic carbocycles. The summed E-state index contributed by atoms with van der Waals surface area (Å²) in [6.45, 7) is 11.2. The van der Waals surface area contributed by atoms with E-state index in [0.717, 1.165) is 29.7 Å². The van der Waals surface area contributed by atoms with Gasteiger partial charge in [0.1, 0.15) is 0 Å². The van der Waals surface area contributed by atoms with Gasteiger partial charge >= 0.3 is 6.03 Å². The van der Waals surface area contributed by atoms with Crippen LogP contribution >= 0.6 is 11.6 Å². The highest BCUT2D eigenvalue weighted by Gasteiger charge is 2.33. The zero-order chi connectivity index (χ0) is 18.9. The standard InChI is InChI=1S/C22H26ClN2O/c1-5-7-18-14-24-21(26)25(18)20-13-16(22(2,3)4)10-11-19(20)15-8-6-9-17(23)12-15/h6,8-13,18H,1,5,7,14H2,2-4H3,(H,24,26). The van der Waals surface area contributed by atoms with E-state index in [1.807, 2.05) is 29.2 Å².